The first-order chi connectivity index (χ1) is 13.9. The van der Waals surface area contributed by atoms with E-state index in [0.29, 0.717) is 5.92 Å². The number of halogens is 2. The van der Waals surface area contributed by atoms with E-state index in [1.54, 1.807) is 0 Å². The Morgan fingerprint density at radius 2 is 1.50 bits per heavy atom. The van der Waals surface area contributed by atoms with Crippen LogP contribution in [0, 0.1) is 12.3 Å². The van der Waals surface area contributed by atoms with E-state index in [9.17, 15) is 0 Å². The van der Waals surface area contributed by atoms with Crippen molar-refractivity contribution < 1.29 is 18.2 Å². The second-order valence-corrected chi connectivity index (χ2v) is 17.1. The standard InChI is InChI=1S/C16H18O.C10H15.2ClH.Ti/c1-11(2)13-6-4-5-7-14(13)15-10-12(3)8-9-16(15)17;1-7-6-10(4,5)9(3)8(7)2;;;/h4-11,17H,1-3H3;1-5H3;2*1H;/q;;;;+3/p-3. The molecule has 0 bridgehead atoms. The van der Waals surface area contributed by atoms with Crippen molar-refractivity contribution in [2.24, 2.45) is 5.41 Å². The molecule has 0 radical (unpaired) electrons. The van der Waals surface area contributed by atoms with E-state index in [2.05, 4.69) is 91.8 Å². The van der Waals surface area contributed by atoms with E-state index in [0.717, 1.165) is 15.2 Å². The zero-order valence-electron chi connectivity index (χ0n) is 19.3. The monoisotopic (exact) mass is 478 g/mol. The molecule has 160 valence electrons. The summed E-state index contributed by atoms with van der Waals surface area (Å²) in [6.07, 6.45) is 0. The van der Waals surface area contributed by atoms with Gasteiger partial charge in [-0.25, -0.2) is 0 Å². The fraction of sp³-hybridized carbons (Fsp3) is 0.385. The third kappa shape index (κ3) is 4.20. The van der Waals surface area contributed by atoms with Gasteiger partial charge in [-0.3, -0.25) is 0 Å². The minimum absolute atomic E-state index is 0.182. The molecule has 1 aliphatic carbocycles. The number of benzene rings is 2. The van der Waals surface area contributed by atoms with Gasteiger partial charge in [0.2, 0.25) is 0 Å². The number of hydrogen-bond acceptors (Lipinski definition) is 1. The summed E-state index contributed by atoms with van der Waals surface area (Å²) in [5.74, 6) is 1.18. The van der Waals surface area contributed by atoms with Gasteiger partial charge >= 0.3 is 195 Å². The molecule has 3 rings (SSSR count). The van der Waals surface area contributed by atoms with E-state index < -0.39 is 14.9 Å². The average Bonchev–Trinajstić information content (AvgIpc) is 2.82. The maximum absolute atomic E-state index is 7.13. The molecular formula is C26H32Cl2OTi. The van der Waals surface area contributed by atoms with Gasteiger partial charge in [0.15, 0.2) is 0 Å². The van der Waals surface area contributed by atoms with E-state index >= 15 is 0 Å². The van der Waals surface area contributed by atoms with Gasteiger partial charge in [0.05, 0.1) is 0 Å². The minimum atomic E-state index is -3.86. The Labute approximate surface area is 193 Å². The van der Waals surface area contributed by atoms with Crippen LogP contribution in [0.4, 0.5) is 0 Å². The van der Waals surface area contributed by atoms with Gasteiger partial charge in [-0.15, -0.1) is 0 Å². The summed E-state index contributed by atoms with van der Waals surface area (Å²) in [5.41, 5.74) is 8.33. The summed E-state index contributed by atoms with van der Waals surface area (Å²) in [5, 5.41) is 0. The first-order valence-corrected chi connectivity index (χ1v) is 16.3. The topological polar surface area (TPSA) is 9.23 Å². The van der Waals surface area contributed by atoms with Crippen molar-refractivity contribution in [3.8, 4) is 16.9 Å². The fourth-order valence-corrected chi connectivity index (χ4v) is 11.6. The van der Waals surface area contributed by atoms with Crippen molar-refractivity contribution in [3.05, 3.63) is 74.2 Å². The summed E-state index contributed by atoms with van der Waals surface area (Å²) in [6, 6.07) is 14.8. The quantitative estimate of drug-likeness (QED) is 0.389. The molecule has 0 aromatic heterocycles. The molecule has 2 aromatic rings. The van der Waals surface area contributed by atoms with Gasteiger partial charge in [-0.1, -0.05) is 0 Å². The molecule has 4 heteroatoms. The van der Waals surface area contributed by atoms with E-state index in [-0.39, 0.29) is 5.41 Å². The van der Waals surface area contributed by atoms with Crippen LogP contribution < -0.4 is 3.32 Å². The molecule has 1 aliphatic rings. The van der Waals surface area contributed by atoms with Crippen LogP contribution in [0.15, 0.2) is 63.1 Å². The molecule has 30 heavy (non-hydrogen) atoms. The van der Waals surface area contributed by atoms with Crippen LogP contribution in [0.25, 0.3) is 11.1 Å². The zero-order valence-corrected chi connectivity index (χ0v) is 22.4. The number of hydrogen-bond donors (Lipinski definition) is 0. The molecule has 0 N–H and O–H groups in total. The Kier molecular flexibility index (Phi) is 6.72. The summed E-state index contributed by atoms with van der Waals surface area (Å²) in [7, 11) is 14.3. The summed E-state index contributed by atoms with van der Waals surface area (Å²) in [4.78, 5) is 0. The van der Waals surface area contributed by atoms with E-state index in [4.69, 9.17) is 21.9 Å². The van der Waals surface area contributed by atoms with Gasteiger partial charge in [0.1, 0.15) is 0 Å². The molecule has 0 heterocycles. The summed E-state index contributed by atoms with van der Waals surface area (Å²) < 4.78 is 7.70. The van der Waals surface area contributed by atoms with Crippen LogP contribution >= 0.6 is 18.6 Å². The molecule has 1 nitrogen and oxygen atoms in total. The van der Waals surface area contributed by atoms with E-state index in [1.165, 1.54) is 33.4 Å². The SMILES string of the molecule is CC1=C(C)C(C)(C)[C]([Ti]([Cl])([Cl])[O]c2ccc(C)cc2-c2ccccc2C(C)C)=C1C. The normalized spacial score (nSPS) is 16.6. The van der Waals surface area contributed by atoms with Crippen molar-refractivity contribution in [3.63, 3.8) is 0 Å². The first kappa shape index (κ1) is 23.7. The Morgan fingerprint density at radius 3 is 2.07 bits per heavy atom. The Morgan fingerprint density at radius 1 is 0.867 bits per heavy atom. The van der Waals surface area contributed by atoms with Crippen LogP contribution in [-0.2, 0) is 14.9 Å². The zero-order chi connectivity index (χ0) is 22.4. The van der Waals surface area contributed by atoms with Gasteiger partial charge in [-0.2, -0.15) is 0 Å². The molecule has 0 amide bonds. The predicted molar refractivity (Wildman–Crippen MR) is 128 cm³/mol. The molecule has 0 saturated heterocycles. The molecule has 0 unspecified atom stereocenters. The van der Waals surface area contributed by atoms with Crippen molar-refractivity contribution in [1.82, 2.24) is 0 Å². The molecule has 2 aromatic carbocycles. The van der Waals surface area contributed by atoms with Crippen LogP contribution in [0.3, 0.4) is 0 Å². The van der Waals surface area contributed by atoms with Gasteiger partial charge in [-0.05, 0) is 0 Å². The van der Waals surface area contributed by atoms with Crippen molar-refractivity contribution in [2.45, 2.75) is 61.3 Å². The second-order valence-electron chi connectivity index (χ2n) is 9.24. The first-order valence-electron chi connectivity index (χ1n) is 10.5. The molecule has 0 spiro atoms. The average molecular weight is 479 g/mol. The van der Waals surface area contributed by atoms with Crippen molar-refractivity contribution in [2.75, 3.05) is 0 Å². The van der Waals surface area contributed by atoms with Gasteiger partial charge in [0.25, 0.3) is 0 Å². The van der Waals surface area contributed by atoms with Crippen LogP contribution in [0.5, 0.6) is 5.75 Å². The Balaban J connectivity index is 2.12. The number of aryl methyl sites for hydroxylation is 1. The Bertz CT molecular complexity index is 1040. The van der Waals surface area contributed by atoms with E-state index in [1.807, 2.05) is 6.07 Å². The van der Waals surface area contributed by atoms with Crippen LogP contribution in [-0.4, -0.2) is 0 Å². The number of rotatable bonds is 5. The third-order valence-electron chi connectivity index (χ3n) is 6.60. The molecule has 0 saturated carbocycles. The van der Waals surface area contributed by atoms with Crippen molar-refractivity contribution in [1.29, 1.82) is 0 Å². The molecular weight excluding hydrogens is 447 g/mol. The van der Waals surface area contributed by atoms with Gasteiger partial charge < -0.3 is 0 Å². The van der Waals surface area contributed by atoms with Crippen LogP contribution in [0.1, 0.15) is 65.5 Å². The van der Waals surface area contributed by atoms with Crippen LogP contribution in [0.2, 0.25) is 0 Å². The number of allylic oxidation sites excluding steroid dienone is 4. The van der Waals surface area contributed by atoms with Crippen molar-refractivity contribution >= 4 is 18.6 Å². The second kappa shape index (κ2) is 8.51. The summed E-state index contributed by atoms with van der Waals surface area (Å²) in [6.45, 7) is 17.4. The molecule has 0 fully saturated rings. The maximum atomic E-state index is 7.13. The summed E-state index contributed by atoms with van der Waals surface area (Å²) >= 11 is -3.86. The Hall–Kier alpha value is -0.986. The molecule has 0 atom stereocenters. The molecule has 0 aliphatic heterocycles. The third-order valence-corrected chi connectivity index (χ3v) is 12.0. The van der Waals surface area contributed by atoms with Gasteiger partial charge in [0, 0.05) is 0 Å². The fourth-order valence-electron chi connectivity index (χ4n) is 4.55. The predicted octanol–water partition coefficient (Wildman–Crippen LogP) is 9.19.